The standard InChI is InChI=1S/C12H15N3O3S/c1-4-10-14-15-12(19-10)13-6-8-5-9(7(2)18-8)11(16)17-3/h5H,4,6H2,1-3H3,(H,13,15). The number of hydrogen-bond acceptors (Lipinski definition) is 7. The molecule has 0 bridgehead atoms. The SMILES string of the molecule is CCc1nnc(NCc2cc(C(=O)OC)c(C)o2)s1. The number of rotatable bonds is 5. The van der Waals surface area contributed by atoms with Crippen molar-refractivity contribution in [3.8, 4) is 0 Å². The smallest absolute Gasteiger partial charge is 0.341 e. The largest absolute Gasteiger partial charge is 0.465 e. The van der Waals surface area contributed by atoms with Crippen molar-refractivity contribution in [2.75, 3.05) is 12.4 Å². The van der Waals surface area contributed by atoms with Gasteiger partial charge in [-0.1, -0.05) is 18.3 Å². The van der Waals surface area contributed by atoms with Crippen LogP contribution >= 0.6 is 11.3 Å². The van der Waals surface area contributed by atoms with E-state index in [0.29, 0.717) is 23.6 Å². The van der Waals surface area contributed by atoms with Gasteiger partial charge in [-0.2, -0.15) is 0 Å². The van der Waals surface area contributed by atoms with Crippen molar-refractivity contribution in [3.63, 3.8) is 0 Å². The van der Waals surface area contributed by atoms with Crippen LogP contribution in [0.4, 0.5) is 5.13 Å². The van der Waals surface area contributed by atoms with Crippen LogP contribution in [0.15, 0.2) is 10.5 Å². The van der Waals surface area contributed by atoms with Crippen molar-refractivity contribution < 1.29 is 13.9 Å². The summed E-state index contributed by atoms with van der Waals surface area (Å²) < 4.78 is 10.2. The van der Waals surface area contributed by atoms with Gasteiger partial charge in [0.1, 0.15) is 22.1 Å². The molecule has 2 rings (SSSR count). The zero-order valence-electron chi connectivity index (χ0n) is 11.0. The summed E-state index contributed by atoms with van der Waals surface area (Å²) in [5.41, 5.74) is 0.450. The molecule has 0 aromatic carbocycles. The summed E-state index contributed by atoms with van der Waals surface area (Å²) in [6, 6.07) is 1.68. The van der Waals surface area contributed by atoms with Gasteiger partial charge in [-0.25, -0.2) is 4.79 Å². The van der Waals surface area contributed by atoms with Gasteiger partial charge < -0.3 is 14.5 Å². The van der Waals surface area contributed by atoms with Crippen molar-refractivity contribution in [1.29, 1.82) is 0 Å². The predicted molar refractivity (Wildman–Crippen MR) is 71.4 cm³/mol. The van der Waals surface area contributed by atoms with Crippen LogP contribution in [0.1, 0.15) is 33.8 Å². The van der Waals surface area contributed by atoms with E-state index in [1.54, 1.807) is 13.0 Å². The molecule has 2 aromatic rings. The fraction of sp³-hybridized carbons (Fsp3) is 0.417. The molecule has 0 radical (unpaired) electrons. The number of aryl methyl sites for hydroxylation is 2. The van der Waals surface area contributed by atoms with Gasteiger partial charge in [-0.3, -0.25) is 0 Å². The monoisotopic (exact) mass is 281 g/mol. The van der Waals surface area contributed by atoms with Gasteiger partial charge >= 0.3 is 5.97 Å². The zero-order valence-corrected chi connectivity index (χ0v) is 11.8. The molecule has 0 atom stereocenters. The van der Waals surface area contributed by atoms with E-state index in [0.717, 1.165) is 16.6 Å². The van der Waals surface area contributed by atoms with Gasteiger partial charge in [-0.15, -0.1) is 10.2 Å². The highest BCUT2D eigenvalue weighted by Crippen LogP contribution is 2.19. The van der Waals surface area contributed by atoms with Crippen molar-refractivity contribution >= 4 is 22.4 Å². The highest BCUT2D eigenvalue weighted by atomic mass is 32.1. The second kappa shape index (κ2) is 5.83. The first-order chi connectivity index (χ1) is 9.13. The summed E-state index contributed by atoms with van der Waals surface area (Å²) in [5, 5.41) is 12.9. The quantitative estimate of drug-likeness (QED) is 0.848. The number of ether oxygens (including phenoxy) is 1. The van der Waals surface area contributed by atoms with E-state index in [1.807, 2.05) is 6.92 Å². The van der Waals surface area contributed by atoms with E-state index in [2.05, 4.69) is 20.3 Å². The average Bonchev–Trinajstić information content (AvgIpc) is 3.01. The second-order valence-electron chi connectivity index (χ2n) is 3.88. The summed E-state index contributed by atoms with van der Waals surface area (Å²) in [7, 11) is 1.35. The number of furan rings is 1. The molecule has 0 spiro atoms. The zero-order chi connectivity index (χ0) is 13.8. The Morgan fingerprint density at radius 2 is 2.32 bits per heavy atom. The first kappa shape index (κ1) is 13.5. The summed E-state index contributed by atoms with van der Waals surface area (Å²) in [6.07, 6.45) is 0.867. The Labute approximate surface area is 114 Å². The van der Waals surface area contributed by atoms with Crippen molar-refractivity contribution in [2.24, 2.45) is 0 Å². The van der Waals surface area contributed by atoms with E-state index in [4.69, 9.17) is 4.42 Å². The molecule has 2 aromatic heterocycles. The normalized spacial score (nSPS) is 10.5. The Morgan fingerprint density at radius 1 is 1.53 bits per heavy atom. The maximum absolute atomic E-state index is 11.4. The Bertz CT molecular complexity index is 577. The summed E-state index contributed by atoms with van der Waals surface area (Å²) in [4.78, 5) is 11.4. The average molecular weight is 281 g/mol. The first-order valence-electron chi connectivity index (χ1n) is 5.88. The Kier molecular flexibility index (Phi) is 4.16. The van der Waals surface area contributed by atoms with E-state index in [-0.39, 0.29) is 0 Å². The lowest BCUT2D eigenvalue weighted by Gasteiger charge is -1.97. The van der Waals surface area contributed by atoms with Gasteiger partial charge in [0, 0.05) is 0 Å². The minimum atomic E-state index is -0.392. The predicted octanol–water partition coefficient (Wildman–Crippen LogP) is 2.40. The molecule has 19 heavy (non-hydrogen) atoms. The number of carbonyl (C=O) groups is 1. The molecule has 0 unspecified atom stereocenters. The van der Waals surface area contributed by atoms with Crippen LogP contribution in [0.25, 0.3) is 0 Å². The summed E-state index contributed by atoms with van der Waals surface area (Å²) in [5.74, 6) is 0.818. The lowest BCUT2D eigenvalue weighted by atomic mass is 10.2. The number of carbonyl (C=O) groups excluding carboxylic acids is 1. The topological polar surface area (TPSA) is 77.2 Å². The number of aromatic nitrogens is 2. The molecule has 0 aliphatic rings. The number of esters is 1. The number of methoxy groups -OCH3 is 1. The third kappa shape index (κ3) is 3.11. The van der Waals surface area contributed by atoms with Crippen molar-refractivity contribution in [3.05, 3.63) is 28.2 Å². The highest BCUT2D eigenvalue weighted by molar-refractivity contribution is 7.15. The van der Waals surface area contributed by atoms with E-state index < -0.39 is 5.97 Å². The molecule has 6 nitrogen and oxygen atoms in total. The van der Waals surface area contributed by atoms with E-state index in [9.17, 15) is 4.79 Å². The van der Waals surface area contributed by atoms with E-state index in [1.165, 1.54) is 18.4 Å². The van der Waals surface area contributed by atoms with Gasteiger partial charge in [0.15, 0.2) is 0 Å². The molecule has 0 fully saturated rings. The Hall–Kier alpha value is -1.89. The number of nitrogens with one attached hydrogen (secondary N) is 1. The first-order valence-corrected chi connectivity index (χ1v) is 6.69. The molecular weight excluding hydrogens is 266 g/mol. The van der Waals surface area contributed by atoms with Crippen LogP contribution in [0.2, 0.25) is 0 Å². The van der Waals surface area contributed by atoms with Gasteiger partial charge in [0.2, 0.25) is 5.13 Å². The van der Waals surface area contributed by atoms with Gasteiger partial charge in [-0.05, 0) is 19.4 Å². The number of hydrogen-bond donors (Lipinski definition) is 1. The van der Waals surface area contributed by atoms with E-state index >= 15 is 0 Å². The second-order valence-corrected chi connectivity index (χ2v) is 4.94. The molecule has 0 saturated carbocycles. The number of nitrogens with zero attached hydrogens (tertiary/aromatic N) is 2. The molecule has 0 saturated heterocycles. The molecule has 0 aliphatic carbocycles. The van der Waals surface area contributed by atoms with Gasteiger partial charge in [0.05, 0.1) is 13.7 Å². The third-order valence-corrected chi connectivity index (χ3v) is 3.58. The third-order valence-electron chi connectivity index (χ3n) is 2.56. The summed E-state index contributed by atoms with van der Waals surface area (Å²) >= 11 is 1.51. The summed E-state index contributed by atoms with van der Waals surface area (Å²) in [6.45, 7) is 4.22. The van der Waals surface area contributed by atoms with Gasteiger partial charge in [0.25, 0.3) is 0 Å². The Morgan fingerprint density at radius 3 is 2.95 bits per heavy atom. The highest BCUT2D eigenvalue weighted by Gasteiger charge is 2.15. The molecule has 0 amide bonds. The molecule has 2 heterocycles. The van der Waals surface area contributed by atoms with Crippen LogP contribution < -0.4 is 5.32 Å². The molecule has 0 aliphatic heterocycles. The molecular formula is C12H15N3O3S. The van der Waals surface area contributed by atoms with Crippen molar-refractivity contribution in [2.45, 2.75) is 26.8 Å². The molecule has 7 heteroatoms. The van der Waals surface area contributed by atoms with Crippen LogP contribution in [-0.2, 0) is 17.7 Å². The minimum Gasteiger partial charge on any atom is -0.465 e. The number of anilines is 1. The molecule has 102 valence electrons. The van der Waals surface area contributed by atoms with Crippen LogP contribution in [0.3, 0.4) is 0 Å². The van der Waals surface area contributed by atoms with Crippen LogP contribution in [0.5, 0.6) is 0 Å². The fourth-order valence-electron chi connectivity index (χ4n) is 1.57. The fourth-order valence-corrected chi connectivity index (χ4v) is 2.25. The van der Waals surface area contributed by atoms with Crippen LogP contribution in [-0.4, -0.2) is 23.3 Å². The molecule has 1 N–H and O–H groups in total. The maximum atomic E-state index is 11.4. The van der Waals surface area contributed by atoms with Crippen LogP contribution in [0, 0.1) is 6.92 Å². The maximum Gasteiger partial charge on any atom is 0.341 e. The minimum absolute atomic E-state index is 0.392. The van der Waals surface area contributed by atoms with Crippen molar-refractivity contribution in [1.82, 2.24) is 10.2 Å². The lowest BCUT2D eigenvalue weighted by molar-refractivity contribution is 0.0599. The lowest BCUT2D eigenvalue weighted by Crippen LogP contribution is -2.01. The Balaban J connectivity index is 2.01.